The molecule has 1 aromatic carbocycles. The maximum Gasteiger partial charge on any atom is 0.155 e. The van der Waals surface area contributed by atoms with E-state index in [-0.39, 0.29) is 5.92 Å². The van der Waals surface area contributed by atoms with E-state index < -0.39 is 0 Å². The number of rotatable bonds is 6. The number of tetrazole rings is 1. The second-order valence-corrected chi connectivity index (χ2v) is 4.55. The van der Waals surface area contributed by atoms with Crippen LogP contribution in [-0.2, 0) is 7.05 Å². The summed E-state index contributed by atoms with van der Waals surface area (Å²) < 4.78 is 7.38. The molecule has 0 radical (unpaired) electrons. The van der Waals surface area contributed by atoms with Gasteiger partial charge in [0.2, 0.25) is 0 Å². The van der Waals surface area contributed by atoms with Crippen LogP contribution in [0.15, 0.2) is 24.3 Å². The summed E-state index contributed by atoms with van der Waals surface area (Å²) in [6.45, 7) is 3.14. The standard InChI is InChI=1S/C13H19N5O/c1-10-4-3-5-12(8-10)19-7-6-11(9-14)13-15-16-17-18(13)2/h3-5,8,11H,6-7,9,14H2,1-2H3. The van der Waals surface area contributed by atoms with E-state index in [1.54, 1.807) is 4.68 Å². The summed E-state index contributed by atoms with van der Waals surface area (Å²) in [4.78, 5) is 0. The molecule has 1 aromatic heterocycles. The van der Waals surface area contributed by atoms with E-state index in [1.807, 2.05) is 38.2 Å². The van der Waals surface area contributed by atoms with Gasteiger partial charge in [0.1, 0.15) is 5.75 Å². The van der Waals surface area contributed by atoms with Gasteiger partial charge in [-0.2, -0.15) is 0 Å². The van der Waals surface area contributed by atoms with E-state index in [0.717, 1.165) is 18.0 Å². The fraction of sp³-hybridized carbons (Fsp3) is 0.462. The SMILES string of the molecule is Cc1cccc(OCCC(CN)c2nnnn2C)c1. The largest absolute Gasteiger partial charge is 0.494 e. The topological polar surface area (TPSA) is 78.8 Å². The average molecular weight is 261 g/mol. The summed E-state index contributed by atoms with van der Waals surface area (Å²) in [7, 11) is 1.82. The number of nitrogens with two attached hydrogens (primary N) is 1. The lowest BCUT2D eigenvalue weighted by Crippen LogP contribution is -2.19. The highest BCUT2D eigenvalue weighted by Gasteiger charge is 2.16. The summed E-state index contributed by atoms with van der Waals surface area (Å²) in [5.41, 5.74) is 6.96. The van der Waals surface area contributed by atoms with E-state index in [4.69, 9.17) is 10.5 Å². The zero-order valence-corrected chi connectivity index (χ0v) is 11.3. The highest BCUT2D eigenvalue weighted by Crippen LogP contribution is 2.17. The molecule has 0 amide bonds. The van der Waals surface area contributed by atoms with E-state index >= 15 is 0 Å². The van der Waals surface area contributed by atoms with Crippen molar-refractivity contribution in [1.29, 1.82) is 0 Å². The number of hydrogen-bond acceptors (Lipinski definition) is 5. The molecule has 2 rings (SSSR count). The summed E-state index contributed by atoms with van der Waals surface area (Å²) in [5.74, 6) is 1.80. The molecular weight excluding hydrogens is 242 g/mol. The minimum absolute atomic E-state index is 0.116. The second kappa shape index (κ2) is 6.29. The van der Waals surface area contributed by atoms with Crippen LogP contribution in [0.25, 0.3) is 0 Å². The van der Waals surface area contributed by atoms with E-state index in [2.05, 4.69) is 15.5 Å². The minimum Gasteiger partial charge on any atom is -0.494 e. The number of ether oxygens (including phenoxy) is 1. The van der Waals surface area contributed by atoms with Crippen LogP contribution < -0.4 is 10.5 Å². The van der Waals surface area contributed by atoms with Gasteiger partial charge in [0.15, 0.2) is 5.82 Å². The Bertz CT molecular complexity index is 525. The fourth-order valence-corrected chi connectivity index (χ4v) is 1.96. The van der Waals surface area contributed by atoms with E-state index in [9.17, 15) is 0 Å². The third-order valence-electron chi connectivity index (χ3n) is 3.03. The zero-order chi connectivity index (χ0) is 13.7. The first-order chi connectivity index (χ1) is 9.20. The molecule has 0 saturated carbocycles. The van der Waals surface area contributed by atoms with Crippen molar-refractivity contribution in [2.75, 3.05) is 13.2 Å². The van der Waals surface area contributed by atoms with E-state index in [1.165, 1.54) is 5.56 Å². The van der Waals surface area contributed by atoms with Crippen molar-refractivity contribution in [3.8, 4) is 5.75 Å². The third kappa shape index (κ3) is 3.51. The molecule has 2 aromatic rings. The monoisotopic (exact) mass is 261 g/mol. The number of benzene rings is 1. The van der Waals surface area contributed by atoms with Gasteiger partial charge in [-0.15, -0.1) is 5.10 Å². The summed E-state index contributed by atoms with van der Waals surface area (Å²) in [6, 6.07) is 7.99. The van der Waals surface area contributed by atoms with Gasteiger partial charge in [0.25, 0.3) is 0 Å². The van der Waals surface area contributed by atoms with Crippen LogP contribution in [0.5, 0.6) is 5.75 Å². The van der Waals surface area contributed by atoms with Crippen LogP contribution in [0.2, 0.25) is 0 Å². The van der Waals surface area contributed by atoms with Crippen LogP contribution in [-0.4, -0.2) is 33.4 Å². The third-order valence-corrected chi connectivity index (χ3v) is 3.03. The molecule has 0 saturated heterocycles. The Labute approximate surface area is 112 Å². The average Bonchev–Trinajstić information content (AvgIpc) is 2.81. The smallest absolute Gasteiger partial charge is 0.155 e. The minimum atomic E-state index is 0.116. The molecule has 102 valence electrons. The first-order valence-corrected chi connectivity index (χ1v) is 6.32. The molecule has 1 atom stereocenters. The lowest BCUT2D eigenvalue weighted by molar-refractivity contribution is 0.294. The van der Waals surface area contributed by atoms with Crippen LogP contribution in [0.1, 0.15) is 23.7 Å². The van der Waals surface area contributed by atoms with Gasteiger partial charge in [-0.3, -0.25) is 0 Å². The van der Waals surface area contributed by atoms with Crippen molar-refractivity contribution in [2.45, 2.75) is 19.3 Å². The van der Waals surface area contributed by atoms with Gasteiger partial charge in [0.05, 0.1) is 6.61 Å². The number of aromatic nitrogens is 4. The molecule has 1 unspecified atom stereocenters. The Balaban J connectivity index is 1.89. The van der Waals surface area contributed by atoms with Crippen molar-refractivity contribution >= 4 is 0 Å². The van der Waals surface area contributed by atoms with Crippen molar-refractivity contribution in [2.24, 2.45) is 12.8 Å². The quantitative estimate of drug-likeness (QED) is 0.840. The Morgan fingerprint density at radius 1 is 1.42 bits per heavy atom. The van der Waals surface area contributed by atoms with Gasteiger partial charge < -0.3 is 10.5 Å². The Kier molecular flexibility index (Phi) is 4.46. The van der Waals surface area contributed by atoms with Crippen molar-refractivity contribution in [1.82, 2.24) is 20.2 Å². The van der Waals surface area contributed by atoms with Crippen molar-refractivity contribution in [3.05, 3.63) is 35.7 Å². The predicted octanol–water partition coefficient (Wildman–Crippen LogP) is 1.03. The van der Waals surface area contributed by atoms with Crippen molar-refractivity contribution in [3.63, 3.8) is 0 Å². The molecule has 6 nitrogen and oxygen atoms in total. The fourth-order valence-electron chi connectivity index (χ4n) is 1.96. The summed E-state index contributed by atoms with van der Waals surface area (Å²) >= 11 is 0. The molecule has 6 heteroatoms. The molecule has 1 heterocycles. The Morgan fingerprint density at radius 2 is 2.26 bits per heavy atom. The van der Waals surface area contributed by atoms with E-state index in [0.29, 0.717) is 13.2 Å². The number of aryl methyl sites for hydroxylation is 2. The normalized spacial score (nSPS) is 12.4. The molecule has 19 heavy (non-hydrogen) atoms. The van der Waals surface area contributed by atoms with Crippen LogP contribution in [0.4, 0.5) is 0 Å². The molecule has 0 aliphatic rings. The Morgan fingerprint density at radius 3 is 2.89 bits per heavy atom. The molecule has 0 aliphatic heterocycles. The molecule has 2 N–H and O–H groups in total. The molecule has 0 aliphatic carbocycles. The van der Waals surface area contributed by atoms with Crippen LogP contribution >= 0.6 is 0 Å². The Hall–Kier alpha value is -1.95. The lowest BCUT2D eigenvalue weighted by atomic mass is 10.1. The highest BCUT2D eigenvalue weighted by molar-refractivity contribution is 5.27. The number of nitrogens with zero attached hydrogens (tertiary/aromatic N) is 4. The van der Waals surface area contributed by atoms with Gasteiger partial charge >= 0.3 is 0 Å². The molecule has 0 fully saturated rings. The van der Waals surface area contributed by atoms with Crippen LogP contribution in [0.3, 0.4) is 0 Å². The highest BCUT2D eigenvalue weighted by atomic mass is 16.5. The summed E-state index contributed by atoms with van der Waals surface area (Å²) in [6.07, 6.45) is 0.790. The van der Waals surface area contributed by atoms with Gasteiger partial charge in [-0.1, -0.05) is 12.1 Å². The van der Waals surface area contributed by atoms with Gasteiger partial charge in [-0.05, 0) is 41.5 Å². The molecular formula is C13H19N5O. The van der Waals surface area contributed by atoms with Gasteiger partial charge in [-0.25, -0.2) is 4.68 Å². The predicted molar refractivity (Wildman–Crippen MR) is 71.9 cm³/mol. The van der Waals surface area contributed by atoms with Gasteiger partial charge in [0, 0.05) is 19.5 Å². The van der Waals surface area contributed by atoms with Crippen molar-refractivity contribution < 1.29 is 4.74 Å². The summed E-state index contributed by atoms with van der Waals surface area (Å²) in [5, 5.41) is 11.5. The first kappa shape index (κ1) is 13.5. The second-order valence-electron chi connectivity index (χ2n) is 4.55. The molecule has 0 spiro atoms. The molecule has 0 bridgehead atoms. The maximum atomic E-state index is 5.77. The number of hydrogen-bond donors (Lipinski definition) is 1. The maximum absolute atomic E-state index is 5.77. The first-order valence-electron chi connectivity index (χ1n) is 6.32. The lowest BCUT2D eigenvalue weighted by Gasteiger charge is -2.13. The van der Waals surface area contributed by atoms with Crippen LogP contribution in [0, 0.1) is 6.92 Å². The zero-order valence-electron chi connectivity index (χ0n) is 11.3.